The van der Waals surface area contributed by atoms with Crippen molar-refractivity contribution in [3.05, 3.63) is 34.9 Å². The lowest BCUT2D eigenvalue weighted by Crippen LogP contribution is -2.55. The van der Waals surface area contributed by atoms with E-state index in [1.807, 2.05) is 6.92 Å². The third kappa shape index (κ3) is 5.17. The number of nitrogens with two attached hydrogens (primary N) is 1. The van der Waals surface area contributed by atoms with E-state index in [0.717, 1.165) is 18.7 Å². The Kier molecular flexibility index (Phi) is 6.56. The second-order valence-corrected chi connectivity index (χ2v) is 6.60. The second kappa shape index (κ2) is 7.70. The van der Waals surface area contributed by atoms with E-state index in [1.165, 1.54) is 16.7 Å². The zero-order chi connectivity index (χ0) is 15.2. The Morgan fingerprint density at radius 3 is 2.40 bits per heavy atom. The molecular formula is C16H26N2OS. The molecule has 0 radical (unpaired) electrons. The average molecular weight is 294 g/mol. The first kappa shape index (κ1) is 17.1. The average Bonchev–Trinajstić information content (AvgIpc) is 2.35. The van der Waals surface area contributed by atoms with Gasteiger partial charge in [0.05, 0.1) is 0 Å². The summed E-state index contributed by atoms with van der Waals surface area (Å²) >= 11 is 1.75. The second-order valence-electron chi connectivity index (χ2n) is 5.61. The molecule has 0 spiro atoms. The van der Waals surface area contributed by atoms with Crippen molar-refractivity contribution < 1.29 is 4.79 Å². The van der Waals surface area contributed by atoms with E-state index in [2.05, 4.69) is 44.3 Å². The van der Waals surface area contributed by atoms with Crippen molar-refractivity contribution in [2.75, 3.05) is 12.3 Å². The fourth-order valence-electron chi connectivity index (χ4n) is 2.14. The van der Waals surface area contributed by atoms with Crippen LogP contribution in [0.4, 0.5) is 0 Å². The van der Waals surface area contributed by atoms with Gasteiger partial charge in [0.25, 0.3) is 0 Å². The molecule has 3 N–H and O–H groups in total. The summed E-state index contributed by atoms with van der Waals surface area (Å²) in [4.78, 5) is 11.6. The Morgan fingerprint density at radius 2 is 1.90 bits per heavy atom. The summed E-state index contributed by atoms with van der Waals surface area (Å²) in [6.07, 6.45) is 0.991. The third-order valence-corrected chi connectivity index (χ3v) is 4.57. The van der Waals surface area contributed by atoms with Crippen LogP contribution in [0.5, 0.6) is 0 Å². The van der Waals surface area contributed by atoms with E-state index >= 15 is 0 Å². The van der Waals surface area contributed by atoms with Crippen molar-refractivity contribution in [3.8, 4) is 0 Å². The van der Waals surface area contributed by atoms with Gasteiger partial charge in [-0.3, -0.25) is 4.79 Å². The van der Waals surface area contributed by atoms with Crippen LogP contribution in [0.2, 0.25) is 0 Å². The van der Waals surface area contributed by atoms with Crippen LogP contribution < -0.4 is 11.1 Å². The number of amides is 1. The topological polar surface area (TPSA) is 55.1 Å². The number of nitrogens with one attached hydrogen (secondary N) is 1. The maximum Gasteiger partial charge on any atom is 0.238 e. The lowest BCUT2D eigenvalue weighted by Gasteiger charge is -2.27. The van der Waals surface area contributed by atoms with E-state index < -0.39 is 5.54 Å². The number of primary amides is 1. The molecule has 0 aliphatic rings. The highest BCUT2D eigenvalue weighted by Gasteiger charge is 2.29. The van der Waals surface area contributed by atoms with E-state index in [9.17, 15) is 4.79 Å². The highest BCUT2D eigenvalue weighted by atomic mass is 32.2. The van der Waals surface area contributed by atoms with Gasteiger partial charge in [-0.15, -0.1) is 0 Å². The molecule has 1 rings (SSSR count). The third-order valence-electron chi connectivity index (χ3n) is 3.25. The Labute approximate surface area is 126 Å². The van der Waals surface area contributed by atoms with E-state index in [1.54, 1.807) is 11.8 Å². The molecule has 0 bridgehead atoms. The molecule has 0 saturated heterocycles. The Morgan fingerprint density at radius 1 is 1.30 bits per heavy atom. The van der Waals surface area contributed by atoms with Gasteiger partial charge in [0.2, 0.25) is 5.91 Å². The van der Waals surface area contributed by atoms with Crippen molar-refractivity contribution in [1.29, 1.82) is 0 Å². The van der Waals surface area contributed by atoms with Gasteiger partial charge in [-0.25, -0.2) is 0 Å². The number of carbonyl (C=O) groups is 1. The minimum atomic E-state index is -0.625. The Balaban J connectivity index is 2.58. The molecule has 0 saturated carbocycles. The molecule has 1 atom stereocenters. The minimum Gasteiger partial charge on any atom is -0.368 e. The molecule has 112 valence electrons. The van der Waals surface area contributed by atoms with Gasteiger partial charge in [-0.1, -0.05) is 36.2 Å². The van der Waals surface area contributed by atoms with Crippen molar-refractivity contribution in [3.63, 3.8) is 0 Å². The van der Waals surface area contributed by atoms with Crippen LogP contribution in [0, 0.1) is 13.8 Å². The lowest BCUT2D eigenvalue weighted by atomic mass is 10.0. The number of aryl methyl sites for hydroxylation is 2. The number of thioether (sulfide) groups is 1. The normalized spacial score (nSPS) is 14.0. The quantitative estimate of drug-likeness (QED) is 0.775. The molecular weight excluding hydrogens is 268 g/mol. The molecule has 0 fully saturated rings. The predicted octanol–water partition coefficient (Wildman–Crippen LogP) is 2.78. The van der Waals surface area contributed by atoms with Crippen LogP contribution in [0.25, 0.3) is 0 Å². The number of hydrogen-bond donors (Lipinski definition) is 2. The number of carbonyl (C=O) groups excluding carboxylic acids is 1. The molecule has 1 unspecified atom stereocenters. The molecule has 0 aliphatic heterocycles. The molecule has 0 aromatic heterocycles. The van der Waals surface area contributed by atoms with Gasteiger partial charge < -0.3 is 11.1 Å². The van der Waals surface area contributed by atoms with Gasteiger partial charge in [0.15, 0.2) is 0 Å². The fourth-order valence-corrected chi connectivity index (χ4v) is 3.29. The first-order chi connectivity index (χ1) is 9.37. The van der Waals surface area contributed by atoms with Crippen molar-refractivity contribution >= 4 is 17.7 Å². The minimum absolute atomic E-state index is 0.279. The summed E-state index contributed by atoms with van der Waals surface area (Å²) < 4.78 is 0. The van der Waals surface area contributed by atoms with Gasteiger partial charge in [0, 0.05) is 11.5 Å². The fraction of sp³-hybridized carbons (Fsp3) is 0.562. The van der Waals surface area contributed by atoms with Crippen LogP contribution in [-0.4, -0.2) is 23.7 Å². The van der Waals surface area contributed by atoms with E-state index in [4.69, 9.17) is 5.73 Å². The predicted molar refractivity (Wildman–Crippen MR) is 88.0 cm³/mol. The van der Waals surface area contributed by atoms with Gasteiger partial charge >= 0.3 is 0 Å². The van der Waals surface area contributed by atoms with Crippen LogP contribution in [-0.2, 0) is 10.5 Å². The van der Waals surface area contributed by atoms with Crippen LogP contribution in [0.1, 0.15) is 37.0 Å². The molecule has 1 aromatic rings. The van der Waals surface area contributed by atoms with Crippen LogP contribution in [0.15, 0.2) is 18.2 Å². The molecule has 20 heavy (non-hydrogen) atoms. The SMILES string of the molecule is CCCNC(C)(CSCc1cc(C)cc(C)c1)C(N)=O. The Hall–Kier alpha value is -1.00. The summed E-state index contributed by atoms with van der Waals surface area (Å²) in [6, 6.07) is 6.56. The highest BCUT2D eigenvalue weighted by Crippen LogP contribution is 2.20. The van der Waals surface area contributed by atoms with Crippen molar-refractivity contribution in [2.24, 2.45) is 5.73 Å². The molecule has 0 aliphatic carbocycles. The lowest BCUT2D eigenvalue weighted by molar-refractivity contribution is -0.122. The number of rotatable bonds is 8. The zero-order valence-electron chi connectivity index (χ0n) is 13.0. The summed E-state index contributed by atoms with van der Waals surface area (Å²) in [7, 11) is 0. The molecule has 0 heterocycles. The van der Waals surface area contributed by atoms with Crippen molar-refractivity contribution in [1.82, 2.24) is 5.32 Å². The van der Waals surface area contributed by atoms with E-state index in [0.29, 0.717) is 5.75 Å². The maximum absolute atomic E-state index is 11.6. The number of hydrogen-bond acceptors (Lipinski definition) is 3. The molecule has 3 nitrogen and oxygen atoms in total. The van der Waals surface area contributed by atoms with Crippen LogP contribution in [0.3, 0.4) is 0 Å². The molecule has 4 heteroatoms. The van der Waals surface area contributed by atoms with Gasteiger partial charge in [0.1, 0.15) is 5.54 Å². The standard InChI is InChI=1S/C16H26N2OS/c1-5-6-18-16(4,15(17)19)11-20-10-14-8-12(2)7-13(3)9-14/h7-9,18H,5-6,10-11H2,1-4H3,(H2,17,19). The summed E-state index contributed by atoms with van der Waals surface area (Å²) in [5.41, 5.74) is 8.76. The number of benzene rings is 1. The first-order valence-corrected chi connectivity index (χ1v) is 8.22. The van der Waals surface area contributed by atoms with E-state index in [-0.39, 0.29) is 5.91 Å². The summed E-state index contributed by atoms with van der Waals surface area (Å²) in [5, 5.41) is 3.26. The molecule has 1 aromatic carbocycles. The van der Waals surface area contributed by atoms with Gasteiger partial charge in [-0.2, -0.15) is 11.8 Å². The van der Waals surface area contributed by atoms with Crippen LogP contribution >= 0.6 is 11.8 Å². The van der Waals surface area contributed by atoms with Crippen molar-refractivity contribution in [2.45, 2.75) is 45.4 Å². The summed E-state index contributed by atoms with van der Waals surface area (Å²) in [6.45, 7) is 9.00. The zero-order valence-corrected chi connectivity index (χ0v) is 13.8. The monoisotopic (exact) mass is 294 g/mol. The smallest absolute Gasteiger partial charge is 0.238 e. The Bertz CT molecular complexity index is 442. The van der Waals surface area contributed by atoms with Gasteiger partial charge in [-0.05, 0) is 39.3 Å². The summed E-state index contributed by atoms with van der Waals surface area (Å²) in [5.74, 6) is 1.31. The maximum atomic E-state index is 11.6. The largest absolute Gasteiger partial charge is 0.368 e. The first-order valence-electron chi connectivity index (χ1n) is 7.07. The highest BCUT2D eigenvalue weighted by molar-refractivity contribution is 7.98. The molecule has 1 amide bonds.